The Kier molecular flexibility index (Phi) is 7.00. The molecule has 0 aliphatic carbocycles. The standard InChI is InChI=1S/C23H30F3N5O3S/c1-12-23(13(2)30(3)29-12)35(33,34)28-11-22(32)31-16-4-5-17(31)7-15(6-16)21(27)9-14-8-19(25)20(26)10-18(14)24/h8,10,15-17,21,28H,4-7,9,11,27H2,1-3H3/t15?,16-,17+,21-/m1/s1. The zero-order valence-electron chi connectivity index (χ0n) is 19.9. The van der Waals surface area contributed by atoms with Gasteiger partial charge in [0, 0.05) is 31.2 Å². The molecule has 4 rings (SSSR count). The number of aromatic nitrogens is 2. The number of hydrogen-bond acceptors (Lipinski definition) is 5. The van der Waals surface area contributed by atoms with Gasteiger partial charge in [0.1, 0.15) is 10.7 Å². The van der Waals surface area contributed by atoms with Gasteiger partial charge in [0.25, 0.3) is 0 Å². The van der Waals surface area contributed by atoms with Crippen LogP contribution in [0.5, 0.6) is 0 Å². The molecule has 0 saturated carbocycles. The van der Waals surface area contributed by atoms with Crippen molar-refractivity contribution < 1.29 is 26.4 Å². The van der Waals surface area contributed by atoms with Crippen molar-refractivity contribution >= 4 is 15.9 Å². The minimum atomic E-state index is -3.91. The van der Waals surface area contributed by atoms with Crippen LogP contribution in [0, 0.1) is 37.2 Å². The van der Waals surface area contributed by atoms with Gasteiger partial charge in [-0.1, -0.05) is 0 Å². The van der Waals surface area contributed by atoms with Gasteiger partial charge in [-0.25, -0.2) is 26.3 Å². The number of nitrogens with two attached hydrogens (primary N) is 1. The Morgan fingerprint density at radius 1 is 1.14 bits per heavy atom. The van der Waals surface area contributed by atoms with Gasteiger partial charge >= 0.3 is 0 Å². The molecule has 2 aliphatic heterocycles. The second-order valence-corrected chi connectivity index (χ2v) is 11.3. The van der Waals surface area contributed by atoms with Gasteiger partial charge < -0.3 is 10.6 Å². The van der Waals surface area contributed by atoms with Crippen molar-refractivity contribution in [3.63, 3.8) is 0 Å². The van der Waals surface area contributed by atoms with Crippen LogP contribution in [0.2, 0.25) is 0 Å². The summed E-state index contributed by atoms with van der Waals surface area (Å²) in [7, 11) is -2.26. The van der Waals surface area contributed by atoms with E-state index in [0.29, 0.717) is 30.3 Å². The van der Waals surface area contributed by atoms with Crippen LogP contribution in [0.15, 0.2) is 17.0 Å². The Bertz CT molecular complexity index is 1240. The molecule has 1 amide bonds. The van der Waals surface area contributed by atoms with Gasteiger partial charge in [0.05, 0.1) is 17.9 Å². The topological polar surface area (TPSA) is 110 Å². The van der Waals surface area contributed by atoms with Crippen LogP contribution in [0.1, 0.15) is 42.6 Å². The van der Waals surface area contributed by atoms with Gasteiger partial charge in [-0.05, 0) is 63.5 Å². The van der Waals surface area contributed by atoms with Crippen LogP contribution < -0.4 is 10.5 Å². The smallest absolute Gasteiger partial charge is 0.244 e. The largest absolute Gasteiger partial charge is 0.336 e. The summed E-state index contributed by atoms with van der Waals surface area (Å²) in [6, 6.07) is 0.690. The summed E-state index contributed by atoms with van der Waals surface area (Å²) >= 11 is 0. The Labute approximate surface area is 202 Å². The van der Waals surface area contributed by atoms with Crippen LogP contribution in [0.4, 0.5) is 13.2 Å². The van der Waals surface area contributed by atoms with Crippen molar-refractivity contribution in [1.29, 1.82) is 0 Å². The first-order valence-electron chi connectivity index (χ1n) is 11.6. The van der Waals surface area contributed by atoms with E-state index in [9.17, 15) is 26.4 Å². The van der Waals surface area contributed by atoms with E-state index in [1.54, 1.807) is 25.8 Å². The first-order chi connectivity index (χ1) is 16.4. The number of benzene rings is 1. The Morgan fingerprint density at radius 3 is 2.31 bits per heavy atom. The van der Waals surface area contributed by atoms with Gasteiger partial charge in [-0.3, -0.25) is 9.48 Å². The normalized spacial score (nSPS) is 23.1. The number of hydrogen-bond donors (Lipinski definition) is 2. The van der Waals surface area contributed by atoms with E-state index >= 15 is 0 Å². The van der Waals surface area contributed by atoms with Crippen molar-refractivity contribution in [3.8, 4) is 0 Å². The molecule has 2 aromatic rings. The summed E-state index contributed by atoms with van der Waals surface area (Å²) in [5.41, 5.74) is 7.20. The fourth-order valence-corrected chi connectivity index (χ4v) is 6.99. The van der Waals surface area contributed by atoms with E-state index in [-0.39, 0.29) is 47.3 Å². The zero-order valence-corrected chi connectivity index (χ0v) is 20.7. The molecule has 8 nitrogen and oxygen atoms in total. The molecule has 1 aromatic carbocycles. The first-order valence-corrected chi connectivity index (χ1v) is 13.1. The molecule has 2 saturated heterocycles. The number of amides is 1. The maximum atomic E-state index is 14.1. The molecule has 0 radical (unpaired) electrons. The summed E-state index contributed by atoms with van der Waals surface area (Å²) in [5, 5.41) is 4.12. The third kappa shape index (κ3) is 4.96. The second kappa shape index (κ2) is 9.55. The summed E-state index contributed by atoms with van der Waals surface area (Å²) in [6.07, 6.45) is 2.77. The molecule has 2 fully saturated rings. The third-order valence-electron chi connectivity index (χ3n) is 7.33. The van der Waals surface area contributed by atoms with Crippen LogP contribution >= 0.6 is 0 Å². The fourth-order valence-electron chi connectivity index (χ4n) is 5.58. The van der Waals surface area contributed by atoms with E-state index in [0.717, 1.165) is 18.9 Å². The summed E-state index contributed by atoms with van der Waals surface area (Å²) in [5.74, 6) is -3.52. The Hall–Kier alpha value is -2.44. The maximum absolute atomic E-state index is 14.1. The van der Waals surface area contributed by atoms with Crippen molar-refractivity contribution in [3.05, 3.63) is 46.5 Å². The maximum Gasteiger partial charge on any atom is 0.244 e. The highest BCUT2D eigenvalue weighted by Crippen LogP contribution is 2.40. The minimum Gasteiger partial charge on any atom is -0.336 e. The average molecular weight is 514 g/mol. The van der Waals surface area contributed by atoms with Crippen molar-refractivity contribution in [2.24, 2.45) is 18.7 Å². The number of fused-ring (bicyclic) bond motifs is 2. The predicted molar refractivity (Wildman–Crippen MR) is 122 cm³/mol. The molecular formula is C23H30F3N5O3S. The number of rotatable bonds is 7. The lowest BCUT2D eigenvalue weighted by atomic mass is 9.82. The summed E-state index contributed by atoms with van der Waals surface area (Å²) < 4.78 is 70.4. The molecule has 192 valence electrons. The highest BCUT2D eigenvalue weighted by Gasteiger charge is 2.44. The average Bonchev–Trinajstić information content (AvgIpc) is 3.20. The van der Waals surface area contributed by atoms with Gasteiger partial charge in [-0.15, -0.1) is 0 Å². The molecule has 2 bridgehead atoms. The van der Waals surface area contributed by atoms with Crippen LogP contribution in [0.3, 0.4) is 0 Å². The van der Waals surface area contributed by atoms with Crippen molar-refractivity contribution in [2.45, 2.75) is 69.0 Å². The molecule has 0 spiro atoms. The highest BCUT2D eigenvalue weighted by molar-refractivity contribution is 7.89. The molecule has 12 heteroatoms. The molecule has 2 aliphatic rings. The lowest BCUT2D eigenvalue weighted by Crippen LogP contribution is -2.52. The van der Waals surface area contributed by atoms with Gasteiger partial charge in [0.2, 0.25) is 15.9 Å². The van der Waals surface area contributed by atoms with E-state index < -0.39 is 33.5 Å². The molecular weight excluding hydrogens is 483 g/mol. The van der Waals surface area contributed by atoms with Crippen LogP contribution in [-0.4, -0.2) is 53.7 Å². The van der Waals surface area contributed by atoms with E-state index in [4.69, 9.17) is 5.73 Å². The van der Waals surface area contributed by atoms with Crippen LogP contribution in [0.25, 0.3) is 0 Å². The molecule has 3 heterocycles. The lowest BCUT2D eigenvalue weighted by molar-refractivity contribution is -0.135. The minimum absolute atomic E-state index is 0.0256. The fraction of sp³-hybridized carbons (Fsp3) is 0.565. The molecule has 35 heavy (non-hydrogen) atoms. The van der Waals surface area contributed by atoms with Crippen molar-refractivity contribution in [1.82, 2.24) is 19.4 Å². The van der Waals surface area contributed by atoms with Gasteiger partial charge in [-0.2, -0.15) is 5.10 Å². The number of aryl methyl sites for hydroxylation is 2. The summed E-state index contributed by atoms with van der Waals surface area (Å²) in [4.78, 5) is 14.8. The van der Waals surface area contributed by atoms with Gasteiger partial charge in [0.15, 0.2) is 11.6 Å². The van der Waals surface area contributed by atoms with E-state index in [2.05, 4.69) is 9.82 Å². The molecule has 1 unspecified atom stereocenters. The number of nitrogens with zero attached hydrogens (tertiary/aromatic N) is 3. The number of nitrogens with one attached hydrogen (secondary N) is 1. The number of halogens is 3. The Morgan fingerprint density at radius 2 is 1.74 bits per heavy atom. The number of carbonyl (C=O) groups is 1. The van der Waals surface area contributed by atoms with Crippen molar-refractivity contribution in [2.75, 3.05) is 6.54 Å². The highest BCUT2D eigenvalue weighted by atomic mass is 32.2. The first kappa shape index (κ1) is 25.6. The molecule has 4 atom stereocenters. The third-order valence-corrected chi connectivity index (χ3v) is 8.99. The van der Waals surface area contributed by atoms with E-state index in [1.807, 2.05) is 0 Å². The van der Waals surface area contributed by atoms with E-state index in [1.165, 1.54) is 4.68 Å². The predicted octanol–water partition coefficient (Wildman–Crippen LogP) is 2.07. The molecule has 1 aromatic heterocycles. The number of sulfonamides is 1. The molecule has 3 N–H and O–H groups in total. The van der Waals surface area contributed by atoms with Crippen LogP contribution in [-0.2, 0) is 28.3 Å². The second-order valence-electron chi connectivity index (χ2n) is 9.59. The Balaban J connectivity index is 1.39. The SMILES string of the molecule is Cc1nn(C)c(C)c1S(=O)(=O)NCC(=O)N1[C@@H]2CC[C@H]1CC([C@H](N)Cc1cc(F)c(F)cc1F)C2. The number of piperidine rings is 1. The monoisotopic (exact) mass is 513 g/mol. The quantitative estimate of drug-likeness (QED) is 0.551. The zero-order chi connectivity index (χ0) is 25.7. The lowest BCUT2D eigenvalue weighted by Gasteiger charge is -2.41. The summed E-state index contributed by atoms with van der Waals surface area (Å²) in [6.45, 7) is 2.89. The number of carbonyl (C=O) groups excluding carboxylic acids is 1.